The second-order valence-corrected chi connectivity index (χ2v) is 5.18. The molecule has 0 fully saturated rings. The van der Waals surface area contributed by atoms with Crippen molar-refractivity contribution in [3.8, 4) is 10.6 Å². The molecule has 2 rings (SSSR count). The smallest absolute Gasteiger partial charge is 0.252 e. The Balaban J connectivity index is 2.04. The fraction of sp³-hybridized carbons (Fsp3) is 0.357. The van der Waals surface area contributed by atoms with Crippen LogP contribution in [0.5, 0.6) is 0 Å². The first kappa shape index (κ1) is 13.1. The molecule has 0 saturated heterocycles. The van der Waals surface area contributed by atoms with Crippen LogP contribution in [0.2, 0.25) is 0 Å². The van der Waals surface area contributed by atoms with Crippen molar-refractivity contribution >= 4 is 11.3 Å². The predicted molar refractivity (Wildman–Crippen MR) is 77.0 cm³/mol. The number of pyridine rings is 1. The summed E-state index contributed by atoms with van der Waals surface area (Å²) >= 11 is 1.63. The normalized spacial score (nSPS) is 10.7. The molecule has 0 bridgehead atoms. The Kier molecular flexibility index (Phi) is 4.73. The predicted octanol–water partition coefficient (Wildman–Crippen LogP) is 2.99. The fourth-order valence-electron chi connectivity index (χ4n) is 1.74. The Morgan fingerprint density at radius 2 is 2.22 bits per heavy atom. The average molecular weight is 262 g/mol. The molecule has 2 N–H and O–H groups in total. The zero-order chi connectivity index (χ0) is 12.8. The Morgan fingerprint density at radius 3 is 2.89 bits per heavy atom. The monoisotopic (exact) mass is 262 g/mol. The van der Waals surface area contributed by atoms with Crippen LogP contribution in [0.1, 0.15) is 25.3 Å². The molecule has 96 valence electrons. The zero-order valence-corrected chi connectivity index (χ0v) is 11.3. The molecule has 0 radical (unpaired) electrons. The van der Waals surface area contributed by atoms with E-state index in [1.54, 1.807) is 11.3 Å². The molecule has 0 unspecified atom stereocenters. The Hall–Kier alpha value is -1.39. The summed E-state index contributed by atoms with van der Waals surface area (Å²) in [7, 11) is 0. The first-order chi connectivity index (χ1) is 8.81. The summed E-state index contributed by atoms with van der Waals surface area (Å²) in [6, 6.07) is 7.88. The third kappa shape index (κ3) is 3.31. The van der Waals surface area contributed by atoms with Gasteiger partial charge in [-0.1, -0.05) is 25.5 Å². The molecule has 0 aliphatic rings. The zero-order valence-electron chi connectivity index (χ0n) is 10.5. The molecule has 18 heavy (non-hydrogen) atoms. The number of hydrogen-bond acceptors (Lipinski definition) is 3. The Labute approximate surface area is 111 Å². The second-order valence-electron chi connectivity index (χ2n) is 4.23. The van der Waals surface area contributed by atoms with Gasteiger partial charge in [0.2, 0.25) is 0 Å². The number of thiophene rings is 1. The standard InChI is InChI=1S/C14H18N2OS/c1-2-3-8-15-10-11-6-7-12(16-14(11)17)13-5-4-9-18-13/h4-7,9,15H,2-3,8,10H2,1H3,(H,16,17). The molecule has 2 aromatic rings. The van der Waals surface area contributed by atoms with Gasteiger partial charge in [-0.05, 0) is 30.5 Å². The molecule has 4 heteroatoms. The summed E-state index contributed by atoms with van der Waals surface area (Å²) in [6.07, 6.45) is 2.31. The minimum absolute atomic E-state index is 0.00454. The lowest BCUT2D eigenvalue weighted by Gasteiger charge is -2.04. The Bertz CT molecular complexity index is 531. The lowest BCUT2D eigenvalue weighted by atomic mass is 10.2. The van der Waals surface area contributed by atoms with Crippen LogP contribution in [0.4, 0.5) is 0 Å². The van der Waals surface area contributed by atoms with E-state index in [-0.39, 0.29) is 5.56 Å². The van der Waals surface area contributed by atoms with Gasteiger partial charge in [-0.15, -0.1) is 11.3 Å². The number of rotatable bonds is 6. The third-order valence-corrected chi connectivity index (χ3v) is 3.70. The number of hydrogen-bond donors (Lipinski definition) is 2. The van der Waals surface area contributed by atoms with Crippen LogP contribution in [-0.2, 0) is 6.54 Å². The van der Waals surface area contributed by atoms with Crippen molar-refractivity contribution in [3.05, 3.63) is 45.6 Å². The average Bonchev–Trinajstić information content (AvgIpc) is 2.90. The van der Waals surface area contributed by atoms with Crippen molar-refractivity contribution in [2.24, 2.45) is 0 Å². The van der Waals surface area contributed by atoms with Crippen molar-refractivity contribution in [1.82, 2.24) is 10.3 Å². The van der Waals surface area contributed by atoms with Crippen LogP contribution < -0.4 is 10.9 Å². The van der Waals surface area contributed by atoms with E-state index in [4.69, 9.17) is 0 Å². The highest BCUT2D eigenvalue weighted by molar-refractivity contribution is 7.13. The van der Waals surface area contributed by atoms with Gasteiger partial charge < -0.3 is 10.3 Å². The van der Waals surface area contributed by atoms with Crippen molar-refractivity contribution in [1.29, 1.82) is 0 Å². The lowest BCUT2D eigenvalue weighted by molar-refractivity contribution is 0.638. The van der Waals surface area contributed by atoms with E-state index in [9.17, 15) is 4.79 Å². The van der Waals surface area contributed by atoms with Gasteiger partial charge in [-0.25, -0.2) is 0 Å². The number of nitrogens with one attached hydrogen (secondary N) is 2. The maximum absolute atomic E-state index is 11.9. The highest BCUT2D eigenvalue weighted by Gasteiger charge is 2.03. The van der Waals surface area contributed by atoms with E-state index in [0.717, 1.165) is 29.1 Å². The van der Waals surface area contributed by atoms with Crippen LogP contribution in [0.3, 0.4) is 0 Å². The second kappa shape index (κ2) is 6.52. The van der Waals surface area contributed by atoms with Gasteiger partial charge in [-0.2, -0.15) is 0 Å². The molecule has 0 atom stereocenters. The van der Waals surface area contributed by atoms with Crippen LogP contribution >= 0.6 is 11.3 Å². The van der Waals surface area contributed by atoms with E-state index in [0.29, 0.717) is 6.54 Å². The summed E-state index contributed by atoms with van der Waals surface area (Å²) in [5.74, 6) is 0. The maximum atomic E-state index is 11.9. The molecule has 2 heterocycles. The Morgan fingerprint density at radius 1 is 1.33 bits per heavy atom. The number of H-pyrrole nitrogens is 1. The van der Waals surface area contributed by atoms with Crippen molar-refractivity contribution in [2.45, 2.75) is 26.3 Å². The fourth-order valence-corrected chi connectivity index (χ4v) is 2.45. The van der Waals surface area contributed by atoms with E-state index < -0.39 is 0 Å². The molecule has 2 aromatic heterocycles. The highest BCUT2D eigenvalue weighted by atomic mass is 32.1. The van der Waals surface area contributed by atoms with Crippen LogP contribution in [-0.4, -0.2) is 11.5 Å². The van der Waals surface area contributed by atoms with Gasteiger partial charge in [0.25, 0.3) is 5.56 Å². The van der Waals surface area contributed by atoms with Gasteiger partial charge in [0.1, 0.15) is 0 Å². The van der Waals surface area contributed by atoms with E-state index in [1.165, 1.54) is 6.42 Å². The maximum Gasteiger partial charge on any atom is 0.252 e. The van der Waals surface area contributed by atoms with Gasteiger partial charge >= 0.3 is 0 Å². The molecule has 0 amide bonds. The quantitative estimate of drug-likeness (QED) is 0.786. The van der Waals surface area contributed by atoms with Crippen molar-refractivity contribution < 1.29 is 0 Å². The summed E-state index contributed by atoms with van der Waals surface area (Å²) in [6.45, 7) is 3.76. The third-order valence-electron chi connectivity index (χ3n) is 2.80. The van der Waals surface area contributed by atoms with Crippen LogP contribution in [0.25, 0.3) is 10.6 Å². The first-order valence-corrected chi connectivity index (χ1v) is 7.16. The van der Waals surface area contributed by atoms with Gasteiger partial charge in [-0.3, -0.25) is 4.79 Å². The summed E-state index contributed by atoms with van der Waals surface area (Å²) in [5, 5.41) is 5.29. The molecular weight excluding hydrogens is 244 g/mol. The van der Waals surface area contributed by atoms with Crippen molar-refractivity contribution in [3.63, 3.8) is 0 Å². The topological polar surface area (TPSA) is 44.9 Å². The summed E-state index contributed by atoms with van der Waals surface area (Å²) in [5.41, 5.74) is 1.70. The molecule has 0 aromatic carbocycles. The molecular formula is C14H18N2OS. The minimum Gasteiger partial charge on any atom is -0.321 e. The summed E-state index contributed by atoms with van der Waals surface area (Å²) in [4.78, 5) is 15.9. The molecule has 0 aliphatic carbocycles. The van der Waals surface area contributed by atoms with Gasteiger partial charge in [0, 0.05) is 12.1 Å². The largest absolute Gasteiger partial charge is 0.321 e. The number of aromatic amines is 1. The number of aromatic nitrogens is 1. The first-order valence-electron chi connectivity index (χ1n) is 6.28. The SMILES string of the molecule is CCCCNCc1ccc(-c2cccs2)[nH]c1=O. The van der Waals surface area contributed by atoms with E-state index >= 15 is 0 Å². The highest BCUT2D eigenvalue weighted by Crippen LogP contribution is 2.21. The molecule has 3 nitrogen and oxygen atoms in total. The lowest BCUT2D eigenvalue weighted by Crippen LogP contribution is -2.21. The van der Waals surface area contributed by atoms with Gasteiger partial charge in [0.05, 0.1) is 10.6 Å². The molecule has 0 aliphatic heterocycles. The molecule has 0 saturated carbocycles. The van der Waals surface area contributed by atoms with E-state index in [2.05, 4.69) is 17.2 Å². The minimum atomic E-state index is 0.00454. The van der Waals surface area contributed by atoms with Crippen LogP contribution in [0.15, 0.2) is 34.4 Å². The van der Waals surface area contributed by atoms with Crippen LogP contribution in [0, 0.1) is 0 Å². The van der Waals surface area contributed by atoms with Gasteiger partial charge in [0.15, 0.2) is 0 Å². The number of unbranched alkanes of at least 4 members (excludes halogenated alkanes) is 1. The molecule has 0 spiro atoms. The van der Waals surface area contributed by atoms with Crippen molar-refractivity contribution in [2.75, 3.05) is 6.54 Å². The van der Waals surface area contributed by atoms with E-state index in [1.807, 2.05) is 29.6 Å². The summed E-state index contributed by atoms with van der Waals surface area (Å²) < 4.78 is 0.